The molecular weight excluding hydrogens is 342 g/mol. The Balaban J connectivity index is 3.80. The van der Waals surface area contributed by atoms with Crippen LogP contribution in [0, 0.1) is 13.8 Å². The topological polar surface area (TPSA) is 0 Å². The van der Waals surface area contributed by atoms with Gasteiger partial charge in [0.2, 0.25) is 5.41 Å². The van der Waals surface area contributed by atoms with Crippen molar-refractivity contribution in [3.63, 3.8) is 0 Å². The molecule has 25 heavy (non-hydrogen) atoms. The third-order valence-corrected chi connectivity index (χ3v) is 4.37. The lowest BCUT2D eigenvalue weighted by molar-refractivity contribution is -0.286. The summed E-state index contributed by atoms with van der Waals surface area (Å²) in [5.74, 6) is 0. The number of alkyl halides is 6. The van der Waals surface area contributed by atoms with Gasteiger partial charge in [0.1, 0.15) is 0 Å². The van der Waals surface area contributed by atoms with Crippen molar-refractivity contribution >= 4 is 0 Å². The smallest absolute Gasteiger partial charge is 0.169 e. The number of rotatable bonds is 4. The van der Waals surface area contributed by atoms with E-state index in [9.17, 15) is 26.3 Å². The molecule has 0 spiro atoms. The fraction of sp³-hybridized carbons (Fsp3) is 0.368. The van der Waals surface area contributed by atoms with Crippen LogP contribution in [0.2, 0.25) is 0 Å². The molecule has 0 aliphatic carbocycles. The Bertz CT molecular complexity index is 688. The fourth-order valence-electron chi connectivity index (χ4n) is 2.30. The summed E-state index contributed by atoms with van der Waals surface area (Å²) < 4.78 is 82.3. The van der Waals surface area contributed by atoms with Crippen LogP contribution in [0.1, 0.15) is 30.5 Å². The van der Waals surface area contributed by atoms with Crippen LogP contribution < -0.4 is 0 Å². The summed E-state index contributed by atoms with van der Waals surface area (Å²) in [6, 6.07) is 3.09. The highest BCUT2D eigenvalue weighted by Gasteiger charge is 2.70. The van der Waals surface area contributed by atoms with Crippen molar-refractivity contribution in [3.05, 3.63) is 70.8 Å². The predicted octanol–water partition coefficient (Wildman–Crippen LogP) is 6.74. The first-order chi connectivity index (χ1) is 11.3. The van der Waals surface area contributed by atoms with Crippen LogP contribution in [-0.4, -0.2) is 12.4 Å². The summed E-state index contributed by atoms with van der Waals surface area (Å²) in [6.45, 7) is 9.57. The maximum absolute atomic E-state index is 13.7. The molecule has 0 saturated carbocycles. The van der Waals surface area contributed by atoms with Gasteiger partial charge in [-0.25, -0.2) is 0 Å². The molecule has 0 atom stereocenters. The fourth-order valence-corrected chi connectivity index (χ4v) is 2.30. The van der Waals surface area contributed by atoms with E-state index in [1.54, 1.807) is 13.8 Å². The van der Waals surface area contributed by atoms with Gasteiger partial charge in [0.25, 0.3) is 0 Å². The summed E-state index contributed by atoms with van der Waals surface area (Å²) in [5, 5.41) is 0. The molecule has 0 saturated heterocycles. The van der Waals surface area contributed by atoms with E-state index in [0.717, 1.165) is 18.2 Å². The first kappa shape index (κ1) is 21.1. The Kier molecular flexibility index (Phi) is 5.98. The van der Waals surface area contributed by atoms with Gasteiger partial charge < -0.3 is 0 Å². The second-order valence-electron chi connectivity index (χ2n) is 6.01. The zero-order valence-electron chi connectivity index (χ0n) is 14.4. The van der Waals surface area contributed by atoms with Gasteiger partial charge >= 0.3 is 12.4 Å². The predicted molar refractivity (Wildman–Crippen MR) is 87.4 cm³/mol. The molecule has 0 fully saturated rings. The summed E-state index contributed by atoms with van der Waals surface area (Å²) in [6.07, 6.45) is -8.68. The van der Waals surface area contributed by atoms with Crippen molar-refractivity contribution in [2.45, 2.75) is 45.5 Å². The molecule has 0 unspecified atom stereocenters. The van der Waals surface area contributed by atoms with Crippen molar-refractivity contribution in [2.24, 2.45) is 0 Å². The number of hydrogen-bond acceptors (Lipinski definition) is 0. The van der Waals surface area contributed by atoms with Crippen LogP contribution in [0.4, 0.5) is 26.3 Å². The highest BCUT2D eigenvalue weighted by Crippen LogP contribution is 2.53. The molecule has 6 heteroatoms. The average molecular weight is 362 g/mol. The van der Waals surface area contributed by atoms with Crippen molar-refractivity contribution in [3.8, 4) is 0 Å². The Morgan fingerprint density at radius 2 is 1.40 bits per heavy atom. The lowest BCUT2D eigenvalue weighted by Gasteiger charge is -2.35. The SMILES string of the molecule is C=CC(C)=C(C)C=CC(c1ccc(C)c(C)c1)(C(F)(F)F)C(F)(F)F. The van der Waals surface area contributed by atoms with Gasteiger partial charge in [0.15, 0.2) is 0 Å². The Labute approximate surface area is 143 Å². The molecule has 1 aromatic rings. The molecule has 0 amide bonds. The molecule has 0 nitrogen and oxygen atoms in total. The standard InChI is InChI=1S/C19H20F6/c1-6-12(2)14(4)9-10-17(18(20,21)22,19(23,24)25)16-8-7-13(3)15(5)11-16/h6-11H,1H2,2-5H3. The van der Waals surface area contributed by atoms with Gasteiger partial charge in [-0.1, -0.05) is 43.0 Å². The average Bonchev–Trinajstić information content (AvgIpc) is 2.47. The van der Waals surface area contributed by atoms with E-state index in [1.807, 2.05) is 0 Å². The number of allylic oxidation sites excluding steroid dienone is 5. The van der Waals surface area contributed by atoms with E-state index in [0.29, 0.717) is 16.7 Å². The van der Waals surface area contributed by atoms with Crippen molar-refractivity contribution in [2.75, 3.05) is 0 Å². The van der Waals surface area contributed by atoms with Crippen LogP contribution in [0.3, 0.4) is 0 Å². The summed E-state index contributed by atoms with van der Waals surface area (Å²) in [5.41, 5.74) is -3.19. The second kappa shape index (κ2) is 7.10. The van der Waals surface area contributed by atoms with Gasteiger partial charge in [0.05, 0.1) is 0 Å². The van der Waals surface area contributed by atoms with Crippen molar-refractivity contribution in [1.29, 1.82) is 0 Å². The summed E-state index contributed by atoms with van der Waals surface area (Å²) in [4.78, 5) is 0. The molecule has 0 aliphatic rings. The van der Waals surface area contributed by atoms with Crippen molar-refractivity contribution in [1.82, 2.24) is 0 Å². The Morgan fingerprint density at radius 1 is 0.880 bits per heavy atom. The summed E-state index contributed by atoms with van der Waals surface area (Å²) in [7, 11) is 0. The first-order valence-electron chi connectivity index (χ1n) is 7.48. The first-order valence-corrected chi connectivity index (χ1v) is 7.48. The maximum Gasteiger partial charge on any atom is 0.410 e. The third kappa shape index (κ3) is 3.99. The molecule has 0 radical (unpaired) electrons. The largest absolute Gasteiger partial charge is 0.410 e. The van der Waals surface area contributed by atoms with E-state index in [-0.39, 0.29) is 11.6 Å². The van der Waals surface area contributed by atoms with Gasteiger partial charge in [-0.05, 0) is 55.5 Å². The number of hydrogen-bond donors (Lipinski definition) is 0. The molecule has 0 aliphatic heterocycles. The lowest BCUT2D eigenvalue weighted by atomic mass is 9.77. The normalized spacial score (nSPS) is 14.6. The minimum atomic E-state index is -5.55. The molecule has 0 heterocycles. The Hall–Kier alpha value is -1.98. The molecule has 0 aromatic heterocycles. The quantitative estimate of drug-likeness (QED) is 0.411. The van der Waals surface area contributed by atoms with E-state index < -0.39 is 23.3 Å². The lowest BCUT2D eigenvalue weighted by Crippen LogP contribution is -2.52. The van der Waals surface area contributed by atoms with Gasteiger partial charge in [-0.3, -0.25) is 0 Å². The zero-order chi connectivity index (χ0) is 19.6. The van der Waals surface area contributed by atoms with Crippen LogP contribution >= 0.6 is 0 Å². The minimum Gasteiger partial charge on any atom is -0.169 e. The molecule has 0 N–H and O–H groups in total. The number of benzene rings is 1. The van der Waals surface area contributed by atoms with Crippen LogP contribution in [0.25, 0.3) is 0 Å². The maximum atomic E-state index is 13.7. The molecule has 1 rings (SSSR count). The highest BCUT2D eigenvalue weighted by atomic mass is 19.4. The molecule has 138 valence electrons. The minimum absolute atomic E-state index is 0.194. The highest BCUT2D eigenvalue weighted by molar-refractivity contribution is 5.43. The van der Waals surface area contributed by atoms with E-state index in [1.165, 1.54) is 26.0 Å². The van der Waals surface area contributed by atoms with Crippen molar-refractivity contribution < 1.29 is 26.3 Å². The zero-order valence-corrected chi connectivity index (χ0v) is 14.4. The molecular formula is C19H20F6. The second-order valence-corrected chi connectivity index (χ2v) is 6.01. The van der Waals surface area contributed by atoms with E-state index in [2.05, 4.69) is 6.58 Å². The van der Waals surface area contributed by atoms with Gasteiger partial charge in [-0.15, -0.1) is 0 Å². The Morgan fingerprint density at radius 3 is 1.80 bits per heavy atom. The molecule has 0 bridgehead atoms. The monoisotopic (exact) mass is 362 g/mol. The van der Waals surface area contributed by atoms with Crippen LogP contribution in [-0.2, 0) is 5.41 Å². The van der Waals surface area contributed by atoms with Gasteiger partial charge in [0, 0.05) is 0 Å². The summed E-state index contributed by atoms with van der Waals surface area (Å²) >= 11 is 0. The van der Waals surface area contributed by atoms with Crippen LogP contribution in [0.5, 0.6) is 0 Å². The van der Waals surface area contributed by atoms with E-state index in [4.69, 9.17) is 0 Å². The van der Waals surface area contributed by atoms with Crippen LogP contribution in [0.15, 0.2) is 54.2 Å². The van der Waals surface area contributed by atoms with E-state index >= 15 is 0 Å². The number of aryl methyl sites for hydroxylation is 2. The third-order valence-electron chi connectivity index (χ3n) is 4.37. The van der Waals surface area contributed by atoms with Gasteiger partial charge in [-0.2, -0.15) is 26.3 Å². The number of halogens is 6. The molecule has 1 aromatic carbocycles.